The van der Waals surface area contributed by atoms with E-state index in [4.69, 9.17) is 9.47 Å². The summed E-state index contributed by atoms with van der Waals surface area (Å²) >= 11 is 0. The van der Waals surface area contributed by atoms with Crippen molar-refractivity contribution in [1.29, 1.82) is 0 Å². The van der Waals surface area contributed by atoms with Crippen LogP contribution in [0.3, 0.4) is 0 Å². The minimum absolute atomic E-state index is 0.123. The van der Waals surface area contributed by atoms with E-state index in [1.54, 1.807) is 0 Å². The SMILES string of the molecule is CCCCCCCCCCCOC(C)c1ccc(-c2ccccc2-c2ccc(OCCCCCC)cc2)cc1. The molecule has 2 nitrogen and oxygen atoms in total. The normalized spacial score (nSPS) is 12.0. The number of hydrogen-bond donors (Lipinski definition) is 0. The van der Waals surface area contributed by atoms with E-state index in [0.29, 0.717) is 0 Å². The van der Waals surface area contributed by atoms with Crippen LogP contribution < -0.4 is 4.74 Å². The van der Waals surface area contributed by atoms with Crippen molar-refractivity contribution in [3.05, 3.63) is 78.4 Å². The Hall–Kier alpha value is -2.58. The molecule has 0 heterocycles. The van der Waals surface area contributed by atoms with Crippen molar-refractivity contribution in [1.82, 2.24) is 0 Å². The standard InChI is InChI=1S/C37H52O2/c1-4-6-8-10-11-12-13-14-18-29-38-31(3)32-21-23-33(24-22-32)36-19-15-16-20-37(36)34-25-27-35(28-26-34)39-30-17-9-7-5-2/h15-16,19-28,31H,4-14,17-18,29-30H2,1-3H3. The van der Waals surface area contributed by atoms with E-state index in [9.17, 15) is 0 Å². The van der Waals surface area contributed by atoms with Crippen LogP contribution in [0.25, 0.3) is 22.3 Å². The van der Waals surface area contributed by atoms with E-state index in [1.807, 2.05) is 0 Å². The van der Waals surface area contributed by atoms with E-state index >= 15 is 0 Å². The van der Waals surface area contributed by atoms with Crippen molar-refractivity contribution in [3.63, 3.8) is 0 Å². The summed E-state index contributed by atoms with van der Waals surface area (Å²) in [4.78, 5) is 0. The number of unbranched alkanes of at least 4 members (excludes halogenated alkanes) is 11. The van der Waals surface area contributed by atoms with E-state index in [0.717, 1.165) is 31.8 Å². The average molecular weight is 529 g/mol. The van der Waals surface area contributed by atoms with Crippen LogP contribution >= 0.6 is 0 Å². The van der Waals surface area contributed by atoms with Gasteiger partial charge in [0.1, 0.15) is 5.75 Å². The molecule has 212 valence electrons. The lowest BCUT2D eigenvalue weighted by Gasteiger charge is -2.15. The fourth-order valence-electron chi connectivity index (χ4n) is 5.14. The highest BCUT2D eigenvalue weighted by Crippen LogP contribution is 2.33. The van der Waals surface area contributed by atoms with Crippen LogP contribution in [0.15, 0.2) is 72.8 Å². The van der Waals surface area contributed by atoms with Gasteiger partial charge in [0.2, 0.25) is 0 Å². The van der Waals surface area contributed by atoms with Gasteiger partial charge in [0, 0.05) is 6.61 Å². The molecule has 0 saturated carbocycles. The van der Waals surface area contributed by atoms with Gasteiger partial charge in [0.05, 0.1) is 12.7 Å². The molecule has 0 saturated heterocycles. The van der Waals surface area contributed by atoms with Crippen LogP contribution in [0.5, 0.6) is 5.75 Å². The predicted octanol–water partition coefficient (Wildman–Crippen LogP) is 11.6. The summed E-state index contributed by atoms with van der Waals surface area (Å²) in [6.07, 6.45) is 17.1. The summed E-state index contributed by atoms with van der Waals surface area (Å²) in [6.45, 7) is 8.33. The van der Waals surface area contributed by atoms with Gasteiger partial charge >= 0.3 is 0 Å². The monoisotopic (exact) mass is 528 g/mol. The van der Waals surface area contributed by atoms with Crippen LogP contribution in [0.2, 0.25) is 0 Å². The zero-order valence-electron chi connectivity index (χ0n) is 24.9. The fourth-order valence-corrected chi connectivity index (χ4v) is 5.14. The van der Waals surface area contributed by atoms with Crippen LogP contribution in [0.1, 0.15) is 116 Å². The molecule has 3 rings (SSSR count). The van der Waals surface area contributed by atoms with Gasteiger partial charge in [-0.25, -0.2) is 0 Å². The third-order valence-corrected chi connectivity index (χ3v) is 7.67. The van der Waals surface area contributed by atoms with Gasteiger partial charge in [-0.3, -0.25) is 0 Å². The number of rotatable bonds is 20. The Morgan fingerprint density at radius 3 is 1.54 bits per heavy atom. The Morgan fingerprint density at radius 1 is 0.513 bits per heavy atom. The van der Waals surface area contributed by atoms with Gasteiger partial charge < -0.3 is 9.47 Å². The fraction of sp³-hybridized carbons (Fsp3) is 0.514. The molecule has 0 spiro atoms. The average Bonchev–Trinajstić information content (AvgIpc) is 2.98. The first kappa shape index (κ1) is 31.0. The largest absolute Gasteiger partial charge is 0.494 e. The van der Waals surface area contributed by atoms with E-state index < -0.39 is 0 Å². The van der Waals surface area contributed by atoms with Crippen molar-refractivity contribution in [3.8, 4) is 28.0 Å². The molecular formula is C37H52O2. The lowest BCUT2D eigenvalue weighted by atomic mass is 9.94. The molecule has 0 bridgehead atoms. The Balaban J connectivity index is 1.47. The maximum atomic E-state index is 6.17. The first-order valence-corrected chi connectivity index (χ1v) is 15.8. The van der Waals surface area contributed by atoms with Crippen LogP contribution in [-0.4, -0.2) is 13.2 Å². The molecule has 0 amide bonds. The summed E-state index contributed by atoms with van der Waals surface area (Å²) < 4.78 is 12.1. The molecule has 2 heteroatoms. The predicted molar refractivity (Wildman–Crippen MR) is 169 cm³/mol. The summed E-state index contributed by atoms with van der Waals surface area (Å²) in [5.74, 6) is 0.952. The quantitative estimate of drug-likeness (QED) is 0.136. The Labute approximate surface area is 239 Å². The molecule has 39 heavy (non-hydrogen) atoms. The third-order valence-electron chi connectivity index (χ3n) is 7.67. The molecule has 0 aliphatic rings. The maximum absolute atomic E-state index is 6.17. The molecule has 1 atom stereocenters. The molecule has 1 unspecified atom stereocenters. The second kappa shape index (κ2) is 18.7. The van der Waals surface area contributed by atoms with Gasteiger partial charge in [-0.2, -0.15) is 0 Å². The van der Waals surface area contributed by atoms with Crippen LogP contribution in [0, 0.1) is 0 Å². The van der Waals surface area contributed by atoms with E-state index in [-0.39, 0.29) is 6.10 Å². The molecule has 3 aromatic carbocycles. The van der Waals surface area contributed by atoms with Crippen molar-refractivity contribution >= 4 is 0 Å². The first-order chi connectivity index (χ1) is 19.2. The number of ether oxygens (including phenoxy) is 2. The Morgan fingerprint density at radius 2 is 0.974 bits per heavy atom. The zero-order chi connectivity index (χ0) is 27.5. The molecule has 0 fully saturated rings. The summed E-state index contributed by atoms with van der Waals surface area (Å²) in [6, 6.07) is 26.1. The summed E-state index contributed by atoms with van der Waals surface area (Å²) in [7, 11) is 0. The van der Waals surface area contributed by atoms with Crippen molar-refractivity contribution in [2.75, 3.05) is 13.2 Å². The molecule has 0 N–H and O–H groups in total. The lowest BCUT2D eigenvalue weighted by molar-refractivity contribution is 0.0627. The minimum atomic E-state index is 0.123. The zero-order valence-corrected chi connectivity index (χ0v) is 24.9. The molecule has 0 radical (unpaired) electrons. The van der Waals surface area contributed by atoms with Gasteiger partial charge in [-0.1, -0.05) is 145 Å². The molecule has 0 aliphatic heterocycles. The minimum Gasteiger partial charge on any atom is -0.494 e. The molecule has 0 aliphatic carbocycles. The highest BCUT2D eigenvalue weighted by Gasteiger charge is 2.10. The Kier molecular flexibility index (Phi) is 14.8. The highest BCUT2D eigenvalue weighted by molar-refractivity contribution is 5.83. The second-order valence-electron chi connectivity index (χ2n) is 10.9. The topological polar surface area (TPSA) is 18.5 Å². The highest BCUT2D eigenvalue weighted by atomic mass is 16.5. The number of benzene rings is 3. The third kappa shape index (κ3) is 11.2. The summed E-state index contributed by atoms with van der Waals surface area (Å²) in [5.41, 5.74) is 6.19. The van der Waals surface area contributed by atoms with Crippen molar-refractivity contribution < 1.29 is 9.47 Å². The van der Waals surface area contributed by atoms with Gasteiger partial charge in [-0.05, 0) is 59.7 Å². The Bertz CT molecular complexity index is 1020. The lowest BCUT2D eigenvalue weighted by Crippen LogP contribution is -2.02. The van der Waals surface area contributed by atoms with Crippen LogP contribution in [0.4, 0.5) is 0 Å². The molecule has 0 aromatic heterocycles. The van der Waals surface area contributed by atoms with E-state index in [2.05, 4.69) is 93.6 Å². The smallest absolute Gasteiger partial charge is 0.119 e. The maximum Gasteiger partial charge on any atom is 0.119 e. The molecular weight excluding hydrogens is 476 g/mol. The summed E-state index contributed by atoms with van der Waals surface area (Å²) in [5, 5.41) is 0. The second-order valence-corrected chi connectivity index (χ2v) is 10.9. The first-order valence-electron chi connectivity index (χ1n) is 15.8. The van der Waals surface area contributed by atoms with E-state index in [1.165, 1.54) is 98.4 Å². The van der Waals surface area contributed by atoms with Gasteiger partial charge in [0.15, 0.2) is 0 Å². The van der Waals surface area contributed by atoms with Crippen molar-refractivity contribution in [2.24, 2.45) is 0 Å². The van der Waals surface area contributed by atoms with Crippen molar-refractivity contribution in [2.45, 2.75) is 110 Å². The molecule has 3 aromatic rings. The van der Waals surface area contributed by atoms with Gasteiger partial charge in [0.25, 0.3) is 0 Å². The van der Waals surface area contributed by atoms with Crippen LogP contribution in [-0.2, 0) is 4.74 Å². The number of hydrogen-bond acceptors (Lipinski definition) is 2. The van der Waals surface area contributed by atoms with Gasteiger partial charge in [-0.15, -0.1) is 0 Å².